The highest BCUT2D eigenvalue weighted by molar-refractivity contribution is 7.80. The average Bonchev–Trinajstić information content (AvgIpc) is 2.36. The number of ether oxygens (including phenoxy) is 1. The zero-order valence-electron chi connectivity index (χ0n) is 12.0. The first kappa shape index (κ1) is 15.3. The van der Waals surface area contributed by atoms with Gasteiger partial charge in [-0.2, -0.15) is 12.6 Å². The number of hydrogen-bond donors (Lipinski definition) is 1. The standard InChI is InChI=1S/C14H29NOS/c1-5-14(6-2,12-17)11-15-9-7-8-13(3,10-15)16-4/h17H,5-12H2,1-4H3. The lowest BCUT2D eigenvalue weighted by molar-refractivity contribution is -0.0585. The minimum absolute atomic E-state index is 0.0576. The Morgan fingerprint density at radius 2 is 2.00 bits per heavy atom. The van der Waals surface area contributed by atoms with E-state index in [0.29, 0.717) is 5.41 Å². The molecule has 102 valence electrons. The summed E-state index contributed by atoms with van der Waals surface area (Å²) in [6.07, 6.45) is 4.87. The summed E-state index contributed by atoms with van der Waals surface area (Å²) in [5.41, 5.74) is 0.442. The Balaban J connectivity index is 2.61. The molecule has 0 radical (unpaired) electrons. The second-order valence-electron chi connectivity index (χ2n) is 5.83. The molecule has 1 saturated heterocycles. The quantitative estimate of drug-likeness (QED) is 0.735. The van der Waals surface area contributed by atoms with E-state index in [0.717, 1.165) is 12.3 Å². The van der Waals surface area contributed by atoms with Gasteiger partial charge in [0.25, 0.3) is 0 Å². The molecule has 0 saturated carbocycles. The number of rotatable bonds is 6. The van der Waals surface area contributed by atoms with Crippen LogP contribution in [0.15, 0.2) is 0 Å². The van der Waals surface area contributed by atoms with Gasteiger partial charge in [0.15, 0.2) is 0 Å². The Hall–Kier alpha value is 0.270. The van der Waals surface area contributed by atoms with Crippen LogP contribution in [0.5, 0.6) is 0 Å². The summed E-state index contributed by atoms with van der Waals surface area (Å²) in [6, 6.07) is 0. The Morgan fingerprint density at radius 1 is 1.35 bits per heavy atom. The van der Waals surface area contributed by atoms with Gasteiger partial charge in [-0.15, -0.1) is 0 Å². The minimum Gasteiger partial charge on any atom is -0.377 e. The highest BCUT2D eigenvalue weighted by atomic mass is 32.1. The van der Waals surface area contributed by atoms with Gasteiger partial charge in [0, 0.05) is 20.2 Å². The van der Waals surface area contributed by atoms with Gasteiger partial charge in [0.2, 0.25) is 0 Å². The first-order valence-electron chi connectivity index (χ1n) is 6.91. The average molecular weight is 259 g/mol. The molecular formula is C14H29NOS. The summed E-state index contributed by atoms with van der Waals surface area (Å²) in [4.78, 5) is 2.58. The SMILES string of the molecule is CCC(CC)(CS)CN1CCCC(C)(OC)C1. The van der Waals surface area contributed by atoms with Gasteiger partial charge < -0.3 is 4.74 Å². The molecule has 1 aliphatic heterocycles. The smallest absolute Gasteiger partial charge is 0.0777 e. The normalized spacial score (nSPS) is 27.4. The van der Waals surface area contributed by atoms with E-state index in [1.165, 1.54) is 38.8 Å². The van der Waals surface area contributed by atoms with Crippen LogP contribution in [-0.2, 0) is 4.74 Å². The Morgan fingerprint density at radius 3 is 2.47 bits per heavy atom. The molecule has 0 N–H and O–H groups in total. The first-order chi connectivity index (χ1) is 8.03. The van der Waals surface area contributed by atoms with E-state index in [1.54, 1.807) is 0 Å². The lowest BCUT2D eigenvalue weighted by Crippen LogP contribution is -2.51. The third kappa shape index (κ3) is 3.87. The second kappa shape index (κ2) is 6.44. The van der Waals surface area contributed by atoms with Gasteiger partial charge in [-0.05, 0) is 50.3 Å². The van der Waals surface area contributed by atoms with Crippen molar-refractivity contribution in [2.45, 2.75) is 52.1 Å². The van der Waals surface area contributed by atoms with Crippen LogP contribution in [0.3, 0.4) is 0 Å². The summed E-state index contributed by atoms with van der Waals surface area (Å²) in [5, 5.41) is 0. The van der Waals surface area contributed by atoms with Crippen molar-refractivity contribution in [1.82, 2.24) is 4.90 Å². The number of piperidine rings is 1. The summed E-state index contributed by atoms with van der Waals surface area (Å²) in [7, 11) is 1.84. The van der Waals surface area contributed by atoms with Crippen molar-refractivity contribution in [1.29, 1.82) is 0 Å². The minimum atomic E-state index is 0.0576. The maximum atomic E-state index is 5.66. The van der Waals surface area contributed by atoms with E-state index >= 15 is 0 Å². The Labute approximate surface area is 113 Å². The van der Waals surface area contributed by atoms with Crippen LogP contribution in [0.25, 0.3) is 0 Å². The molecule has 0 spiro atoms. The van der Waals surface area contributed by atoms with Crippen molar-refractivity contribution in [3.05, 3.63) is 0 Å². The molecule has 0 aromatic heterocycles. The highest BCUT2D eigenvalue weighted by Crippen LogP contribution is 2.32. The molecule has 2 nitrogen and oxygen atoms in total. The van der Waals surface area contributed by atoms with E-state index in [1.807, 2.05) is 7.11 Å². The molecule has 0 amide bonds. The molecule has 0 aromatic rings. The summed E-state index contributed by atoms with van der Waals surface area (Å²) < 4.78 is 5.66. The third-order valence-electron chi connectivity index (χ3n) is 4.63. The van der Waals surface area contributed by atoms with Crippen molar-refractivity contribution in [3.63, 3.8) is 0 Å². The molecule has 1 atom stereocenters. The van der Waals surface area contributed by atoms with Crippen molar-refractivity contribution < 1.29 is 4.74 Å². The van der Waals surface area contributed by atoms with Crippen LogP contribution in [-0.4, -0.2) is 43.0 Å². The Kier molecular flexibility index (Phi) is 5.81. The molecule has 1 heterocycles. The van der Waals surface area contributed by atoms with E-state index in [-0.39, 0.29) is 5.60 Å². The summed E-state index contributed by atoms with van der Waals surface area (Å²) >= 11 is 4.57. The predicted octanol–water partition coefficient (Wildman–Crippen LogP) is 3.22. The van der Waals surface area contributed by atoms with Crippen LogP contribution >= 0.6 is 12.6 Å². The number of methoxy groups -OCH3 is 1. The van der Waals surface area contributed by atoms with Gasteiger partial charge in [-0.25, -0.2) is 0 Å². The van der Waals surface area contributed by atoms with Crippen LogP contribution < -0.4 is 0 Å². The van der Waals surface area contributed by atoms with E-state index in [2.05, 4.69) is 38.3 Å². The third-order valence-corrected chi connectivity index (χ3v) is 5.30. The van der Waals surface area contributed by atoms with Crippen LogP contribution in [0.1, 0.15) is 46.5 Å². The fraction of sp³-hybridized carbons (Fsp3) is 1.00. The highest BCUT2D eigenvalue weighted by Gasteiger charge is 2.34. The first-order valence-corrected chi connectivity index (χ1v) is 7.55. The van der Waals surface area contributed by atoms with Gasteiger partial charge in [-0.3, -0.25) is 4.90 Å². The van der Waals surface area contributed by atoms with Crippen molar-refractivity contribution in [3.8, 4) is 0 Å². The van der Waals surface area contributed by atoms with Crippen LogP contribution in [0.2, 0.25) is 0 Å². The predicted molar refractivity (Wildman–Crippen MR) is 78.0 cm³/mol. The second-order valence-corrected chi connectivity index (χ2v) is 6.15. The number of nitrogens with zero attached hydrogens (tertiary/aromatic N) is 1. The van der Waals surface area contributed by atoms with Gasteiger partial charge in [0.1, 0.15) is 0 Å². The maximum Gasteiger partial charge on any atom is 0.0777 e. The number of thiol groups is 1. The summed E-state index contributed by atoms with van der Waals surface area (Å²) in [5.74, 6) is 0.986. The van der Waals surface area contributed by atoms with Crippen LogP contribution in [0, 0.1) is 5.41 Å². The van der Waals surface area contributed by atoms with E-state index in [9.17, 15) is 0 Å². The molecule has 0 aliphatic carbocycles. The van der Waals surface area contributed by atoms with Gasteiger partial charge in [-0.1, -0.05) is 13.8 Å². The molecule has 1 rings (SSSR count). The maximum absolute atomic E-state index is 5.66. The van der Waals surface area contributed by atoms with Crippen LogP contribution in [0.4, 0.5) is 0 Å². The van der Waals surface area contributed by atoms with Crippen molar-refractivity contribution in [2.24, 2.45) is 5.41 Å². The topological polar surface area (TPSA) is 12.5 Å². The van der Waals surface area contributed by atoms with E-state index in [4.69, 9.17) is 4.74 Å². The zero-order chi connectivity index (χ0) is 12.9. The largest absolute Gasteiger partial charge is 0.377 e. The van der Waals surface area contributed by atoms with Gasteiger partial charge in [0.05, 0.1) is 5.60 Å². The fourth-order valence-corrected chi connectivity index (χ4v) is 3.38. The molecular weight excluding hydrogens is 230 g/mol. The van der Waals surface area contributed by atoms with Crippen molar-refractivity contribution in [2.75, 3.05) is 32.5 Å². The molecule has 1 aliphatic rings. The molecule has 1 fully saturated rings. The Bertz CT molecular complexity index is 222. The lowest BCUT2D eigenvalue weighted by Gasteiger charge is -2.44. The number of hydrogen-bond acceptors (Lipinski definition) is 3. The van der Waals surface area contributed by atoms with Gasteiger partial charge >= 0.3 is 0 Å². The lowest BCUT2D eigenvalue weighted by atomic mass is 9.82. The fourth-order valence-electron chi connectivity index (χ4n) is 2.83. The van der Waals surface area contributed by atoms with Crippen molar-refractivity contribution >= 4 is 12.6 Å². The molecule has 0 bridgehead atoms. The molecule has 1 unspecified atom stereocenters. The molecule has 3 heteroatoms. The molecule has 0 aromatic carbocycles. The monoisotopic (exact) mass is 259 g/mol. The zero-order valence-corrected chi connectivity index (χ0v) is 12.9. The summed E-state index contributed by atoms with van der Waals surface area (Å²) in [6.45, 7) is 10.3. The van der Waals surface area contributed by atoms with E-state index < -0.39 is 0 Å². The number of likely N-dealkylation sites (tertiary alicyclic amines) is 1. The molecule has 17 heavy (non-hydrogen) atoms.